The minimum Gasteiger partial charge on any atom is -0.497 e. The first-order chi connectivity index (χ1) is 11.7. The van der Waals surface area contributed by atoms with Gasteiger partial charge in [0.15, 0.2) is 11.0 Å². The van der Waals surface area contributed by atoms with Crippen molar-refractivity contribution >= 4 is 23.4 Å². The summed E-state index contributed by atoms with van der Waals surface area (Å²) in [6, 6.07) is 15.1. The van der Waals surface area contributed by atoms with Crippen molar-refractivity contribution in [1.29, 1.82) is 0 Å². The zero-order valence-corrected chi connectivity index (χ0v) is 14.6. The molecule has 0 bridgehead atoms. The van der Waals surface area contributed by atoms with E-state index in [1.165, 1.54) is 11.8 Å². The quantitative estimate of drug-likeness (QED) is 0.678. The molecule has 0 aliphatic carbocycles. The van der Waals surface area contributed by atoms with Gasteiger partial charge >= 0.3 is 0 Å². The van der Waals surface area contributed by atoms with Crippen LogP contribution in [0.2, 0.25) is 5.02 Å². The van der Waals surface area contributed by atoms with Crippen molar-refractivity contribution in [2.75, 3.05) is 19.5 Å². The summed E-state index contributed by atoms with van der Waals surface area (Å²) < 4.78 is 7.25. The fourth-order valence-electron chi connectivity index (χ4n) is 2.27. The zero-order chi connectivity index (χ0) is 16.9. The Labute approximate surface area is 149 Å². The number of rotatable bonds is 6. The Kier molecular flexibility index (Phi) is 5.40. The minimum absolute atomic E-state index is 0.0760. The monoisotopic (exact) mass is 361 g/mol. The molecule has 3 aromatic rings. The highest BCUT2D eigenvalue weighted by Crippen LogP contribution is 2.30. The van der Waals surface area contributed by atoms with Gasteiger partial charge in [0, 0.05) is 22.0 Å². The predicted octanol–water partition coefficient (Wildman–Crippen LogP) is 3.68. The van der Waals surface area contributed by atoms with E-state index >= 15 is 0 Å². The topological polar surface area (TPSA) is 60.2 Å². The molecule has 0 radical (unpaired) electrons. The number of benzene rings is 2. The van der Waals surface area contributed by atoms with Gasteiger partial charge in [-0.2, -0.15) is 0 Å². The second kappa shape index (κ2) is 7.70. The third kappa shape index (κ3) is 3.56. The Bertz CT molecular complexity index is 821. The van der Waals surface area contributed by atoms with Crippen LogP contribution < -0.4 is 4.74 Å². The number of aliphatic hydroxyl groups is 1. The van der Waals surface area contributed by atoms with Crippen LogP contribution in [0.1, 0.15) is 0 Å². The Morgan fingerprint density at radius 2 is 1.96 bits per heavy atom. The number of hydrogen-bond donors (Lipinski definition) is 1. The van der Waals surface area contributed by atoms with Crippen LogP contribution >= 0.6 is 23.4 Å². The van der Waals surface area contributed by atoms with Crippen LogP contribution in [0, 0.1) is 0 Å². The summed E-state index contributed by atoms with van der Waals surface area (Å²) in [6.45, 7) is 0.0760. The van der Waals surface area contributed by atoms with Crippen molar-refractivity contribution in [3.05, 3.63) is 53.6 Å². The highest BCUT2D eigenvalue weighted by atomic mass is 35.5. The van der Waals surface area contributed by atoms with Gasteiger partial charge in [0.2, 0.25) is 0 Å². The molecular weight excluding hydrogens is 346 g/mol. The van der Waals surface area contributed by atoms with E-state index in [2.05, 4.69) is 10.2 Å². The second-order valence-electron chi connectivity index (χ2n) is 4.92. The zero-order valence-electron chi connectivity index (χ0n) is 13.0. The van der Waals surface area contributed by atoms with E-state index in [0.29, 0.717) is 21.8 Å². The first-order valence-electron chi connectivity index (χ1n) is 7.32. The van der Waals surface area contributed by atoms with Gasteiger partial charge in [-0.1, -0.05) is 35.5 Å². The van der Waals surface area contributed by atoms with Gasteiger partial charge in [-0.05, 0) is 36.4 Å². The van der Waals surface area contributed by atoms with E-state index in [4.69, 9.17) is 21.4 Å². The van der Waals surface area contributed by atoms with Crippen LogP contribution in [0.4, 0.5) is 0 Å². The highest BCUT2D eigenvalue weighted by Gasteiger charge is 2.16. The maximum absolute atomic E-state index is 9.11. The highest BCUT2D eigenvalue weighted by molar-refractivity contribution is 7.99. The molecule has 0 saturated carbocycles. The lowest BCUT2D eigenvalue weighted by atomic mass is 10.2. The van der Waals surface area contributed by atoms with Crippen molar-refractivity contribution in [3.8, 4) is 22.8 Å². The Morgan fingerprint density at radius 1 is 1.17 bits per heavy atom. The van der Waals surface area contributed by atoms with Crippen molar-refractivity contribution in [2.24, 2.45) is 0 Å². The fraction of sp³-hybridized carbons (Fsp3) is 0.176. The summed E-state index contributed by atoms with van der Waals surface area (Å²) >= 11 is 7.44. The predicted molar refractivity (Wildman–Crippen MR) is 96.2 cm³/mol. The lowest BCUT2D eigenvalue weighted by molar-refractivity contribution is 0.322. The summed E-state index contributed by atoms with van der Waals surface area (Å²) in [5, 5.41) is 19.1. The molecule has 0 aliphatic heterocycles. The van der Waals surface area contributed by atoms with Crippen molar-refractivity contribution in [1.82, 2.24) is 14.8 Å². The van der Waals surface area contributed by atoms with Gasteiger partial charge in [-0.25, -0.2) is 0 Å². The Balaban J connectivity index is 2.11. The fourth-order valence-corrected chi connectivity index (χ4v) is 3.09. The van der Waals surface area contributed by atoms with Crippen molar-refractivity contribution in [3.63, 3.8) is 0 Å². The van der Waals surface area contributed by atoms with E-state index < -0.39 is 0 Å². The normalized spacial score (nSPS) is 10.8. The third-order valence-corrected chi connectivity index (χ3v) is 4.53. The van der Waals surface area contributed by atoms with E-state index in [1.807, 2.05) is 53.1 Å². The number of ether oxygens (including phenoxy) is 1. The molecule has 0 unspecified atom stereocenters. The lowest BCUT2D eigenvalue weighted by Gasteiger charge is -2.11. The summed E-state index contributed by atoms with van der Waals surface area (Å²) in [6.07, 6.45) is 0. The van der Waals surface area contributed by atoms with E-state index in [0.717, 1.165) is 17.0 Å². The SMILES string of the molecule is COc1cccc(-c2nnc(SCCO)n2-c2ccc(Cl)cc2)c1. The lowest BCUT2D eigenvalue weighted by Crippen LogP contribution is -2.00. The molecule has 24 heavy (non-hydrogen) atoms. The molecule has 3 rings (SSSR count). The van der Waals surface area contributed by atoms with Crippen LogP contribution in [-0.2, 0) is 0 Å². The number of thioether (sulfide) groups is 1. The average Bonchev–Trinajstić information content (AvgIpc) is 3.04. The molecule has 0 atom stereocenters. The van der Waals surface area contributed by atoms with Gasteiger partial charge in [0.1, 0.15) is 5.75 Å². The number of aromatic nitrogens is 3. The molecule has 2 aromatic carbocycles. The number of aliphatic hydroxyl groups excluding tert-OH is 1. The summed E-state index contributed by atoms with van der Waals surface area (Å²) in [5.41, 5.74) is 1.80. The van der Waals surface area contributed by atoms with Crippen LogP contribution in [0.3, 0.4) is 0 Å². The van der Waals surface area contributed by atoms with Crippen LogP contribution in [0.5, 0.6) is 5.75 Å². The van der Waals surface area contributed by atoms with E-state index in [9.17, 15) is 0 Å². The summed E-state index contributed by atoms with van der Waals surface area (Å²) in [4.78, 5) is 0. The molecule has 0 fully saturated rings. The molecule has 0 spiro atoms. The van der Waals surface area contributed by atoms with Crippen LogP contribution in [-0.4, -0.2) is 39.3 Å². The minimum atomic E-state index is 0.0760. The number of methoxy groups -OCH3 is 1. The van der Waals surface area contributed by atoms with Crippen LogP contribution in [0.25, 0.3) is 17.1 Å². The smallest absolute Gasteiger partial charge is 0.196 e. The van der Waals surface area contributed by atoms with Gasteiger partial charge in [-0.15, -0.1) is 10.2 Å². The molecule has 0 saturated heterocycles. The molecule has 5 nitrogen and oxygen atoms in total. The number of halogens is 1. The molecule has 1 aromatic heterocycles. The van der Waals surface area contributed by atoms with Crippen molar-refractivity contribution in [2.45, 2.75) is 5.16 Å². The maximum atomic E-state index is 9.11. The van der Waals surface area contributed by atoms with E-state index in [1.54, 1.807) is 7.11 Å². The molecule has 1 heterocycles. The molecule has 0 amide bonds. The molecule has 0 aliphatic rings. The molecular formula is C17H16ClN3O2S. The Hall–Kier alpha value is -2.02. The van der Waals surface area contributed by atoms with Crippen molar-refractivity contribution < 1.29 is 9.84 Å². The summed E-state index contributed by atoms with van der Waals surface area (Å²) in [5.74, 6) is 2.00. The summed E-state index contributed by atoms with van der Waals surface area (Å²) in [7, 11) is 1.63. The Morgan fingerprint density at radius 3 is 2.67 bits per heavy atom. The van der Waals surface area contributed by atoms with Crippen LogP contribution in [0.15, 0.2) is 53.7 Å². The standard InChI is InChI=1S/C17H16ClN3O2S/c1-23-15-4-2-3-12(11-15)16-19-20-17(24-10-9-22)21(16)14-7-5-13(18)6-8-14/h2-8,11,22H,9-10H2,1H3. The number of nitrogens with zero attached hydrogens (tertiary/aromatic N) is 3. The van der Waals surface area contributed by atoms with E-state index in [-0.39, 0.29) is 6.61 Å². The van der Waals surface area contributed by atoms with Gasteiger partial charge in [-0.3, -0.25) is 4.57 Å². The first-order valence-corrected chi connectivity index (χ1v) is 8.68. The average molecular weight is 362 g/mol. The molecule has 1 N–H and O–H groups in total. The first kappa shape index (κ1) is 16.8. The molecule has 124 valence electrons. The molecule has 7 heteroatoms. The van der Waals surface area contributed by atoms with Gasteiger partial charge < -0.3 is 9.84 Å². The second-order valence-corrected chi connectivity index (χ2v) is 6.42. The largest absolute Gasteiger partial charge is 0.497 e. The van der Waals surface area contributed by atoms with Gasteiger partial charge in [0.05, 0.1) is 13.7 Å². The van der Waals surface area contributed by atoms with Gasteiger partial charge in [0.25, 0.3) is 0 Å². The maximum Gasteiger partial charge on any atom is 0.196 e. The third-order valence-electron chi connectivity index (χ3n) is 3.37. The number of hydrogen-bond acceptors (Lipinski definition) is 5.